The van der Waals surface area contributed by atoms with E-state index >= 15 is 0 Å². The van der Waals surface area contributed by atoms with Crippen molar-refractivity contribution >= 4 is 46.0 Å². The number of hydrogen-bond donors (Lipinski definition) is 1. The highest BCUT2D eigenvalue weighted by Crippen LogP contribution is 2.43. The highest BCUT2D eigenvalue weighted by Gasteiger charge is 2.43. The number of nitrogens with one attached hydrogen (secondary N) is 1. The minimum absolute atomic E-state index is 0.246. The summed E-state index contributed by atoms with van der Waals surface area (Å²) >= 11 is 11.9. The smallest absolute Gasteiger partial charge is 0.310 e. The zero-order valence-corrected chi connectivity index (χ0v) is 19.3. The van der Waals surface area contributed by atoms with E-state index in [-0.39, 0.29) is 12.3 Å². The first-order valence-electron chi connectivity index (χ1n) is 9.62. The molecule has 0 radical (unpaired) electrons. The van der Waals surface area contributed by atoms with Gasteiger partial charge in [-0.15, -0.1) is 5.10 Å². The van der Waals surface area contributed by atoms with Gasteiger partial charge in [0.25, 0.3) is 0 Å². The Labute approximate surface area is 205 Å². The Balaban J connectivity index is 2.44. The molecule has 3 aromatic rings. The molecule has 0 atom stereocenters. The van der Waals surface area contributed by atoms with Crippen molar-refractivity contribution < 1.29 is 44.3 Å². The molecule has 0 aliphatic rings. The lowest BCUT2D eigenvalue weighted by atomic mass is 10.1. The lowest BCUT2D eigenvalue weighted by Gasteiger charge is -2.16. The standard InChI is InChI=1S/C19H12Cl2F9N5O/c1-6(2)3-10(36)31-15-11-13(18(25,26)27)32-16(19(28,29)30)33-14(11)34-35(15)12-8(20)4-7(5-9(12)21)17(22,23)24/h4-6H,3H2,1-2H3,(H,31,36). The average molecular weight is 568 g/mol. The van der Waals surface area contributed by atoms with Gasteiger partial charge in [0, 0.05) is 6.42 Å². The number of hydrogen-bond acceptors (Lipinski definition) is 4. The molecule has 0 aliphatic carbocycles. The van der Waals surface area contributed by atoms with E-state index in [2.05, 4.69) is 20.4 Å². The highest BCUT2D eigenvalue weighted by atomic mass is 35.5. The summed E-state index contributed by atoms with van der Waals surface area (Å²) in [6, 6.07) is 0.763. The van der Waals surface area contributed by atoms with Crippen LogP contribution in [-0.4, -0.2) is 25.7 Å². The van der Waals surface area contributed by atoms with E-state index in [1.807, 2.05) is 0 Å². The third kappa shape index (κ3) is 5.61. The number of halogens is 11. The molecule has 17 heteroatoms. The van der Waals surface area contributed by atoms with E-state index in [4.69, 9.17) is 23.2 Å². The van der Waals surface area contributed by atoms with Gasteiger partial charge in [-0.1, -0.05) is 37.0 Å². The Morgan fingerprint density at radius 1 is 0.944 bits per heavy atom. The number of carbonyl (C=O) groups is 1. The fraction of sp³-hybridized carbons (Fsp3) is 0.368. The summed E-state index contributed by atoms with van der Waals surface area (Å²) in [5, 5.41) is 2.96. The van der Waals surface area contributed by atoms with Gasteiger partial charge >= 0.3 is 18.5 Å². The number of fused-ring (bicyclic) bond motifs is 1. The SMILES string of the molecule is CC(C)CC(=O)Nc1c2c(C(F)(F)F)nc(C(F)(F)F)nc2nn1-c1c(Cl)cc(C(F)(F)F)cc1Cl. The topological polar surface area (TPSA) is 72.7 Å². The van der Waals surface area contributed by atoms with Crippen molar-refractivity contribution in [2.24, 2.45) is 5.92 Å². The van der Waals surface area contributed by atoms with E-state index in [9.17, 15) is 44.3 Å². The molecule has 0 fully saturated rings. The summed E-state index contributed by atoms with van der Waals surface area (Å²) in [6.07, 6.45) is -16.1. The van der Waals surface area contributed by atoms with E-state index in [1.54, 1.807) is 13.8 Å². The van der Waals surface area contributed by atoms with Crippen molar-refractivity contribution in [3.8, 4) is 5.69 Å². The molecule has 6 nitrogen and oxygen atoms in total. The van der Waals surface area contributed by atoms with Gasteiger partial charge in [0.1, 0.15) is 11.5 Å². The molecule has 0 bridgehead atoms. The molecular formula is C19H12Cl2F9N5O. The van der Waals surface area contributed by atoms with Crippen LogP contribution >= 0.6 is 23.2 Å². The van der Waals surface area contributed by atoms with Crippen LogP contribution in [0.25, 0.3) is 16.7 Å². The first-order chi connectivity index (χ1) is 16.3. The van der Waals surface area contributed by atoms with E-state index < -0.39 is 74.1 Å². The Morgan fingerprint density at radius 2 is 1.50 bits per heavy atom. The van der Waals surface area contributed by atoms with Crippen molar-refractivity contribution in [1.82, 2.24) is 19.7 Å². The maximum atomic E-state index is 13.8. The minimum atomic E-state index is -5.49. The van der Waals surface area contributed by atoms with Crippen LogP contribution in [0.15, 0.2) is 12.1 Å². The van der Waals surface area contributed by atoms with Gasteiger partial charge in [0.2, 0.25) is 11.7 Å². The molecule has 1 N–H and O–H groups in total. The van der Waals surface area contributed by atoms with Crippen molar-refractivity contribution in [3.63, 3.8) is 0 Å². The molecule has 0 saturated carbocycles. The summed E-state index contributed by atoms with van der Waals surface area (Å²) in [6.45, 7) is 3.19. The Kier molecular flexibility index (Phi) is 7.13. The Hall–Kier alpha value is -2.81. The second-order valence-corrected chi connectivity index (χ2v) is 8.60. The van der Waals surface area contributed by atoms with Gasteiger partial charge in [0.05, 0.1) is 21.0 Å². The second-order valence-electron chi connectivity index (χ2n) is 7.78. The predicted molar refractivity (Wildman–Crippen MR) is 110 cm³/mol. The molecule has 0 spiro atoms. The largest absolute Gasteiger partial charge is 0.451 e. The molecule has 0 aliphatic heterocycles. The number of nitrogens with zero attached hydrogens (tertiary/aromatic N) is 4. The monoisotopic (exact) mass is 567 g/mol. The normalized spacial score (nSPS) is 13.1. The zero-order chi connectivity index (χ0) is 27.4. The number of carbonyl (C=O) groups excluding carboxylic acids is 1. The van der Waals surface area contributed by atoms with Gasteiger partial charge in [-0.2, -0.15) is 39.5 Å². The summed E-state index contributed by atoms with van der Waals surface area (Å²) in [5.74, 6) is -4.27. The third-order valence-electron chi connectivity index (χ3n) is 4.46. The molecule has 1 amide bonds. The Morgan fingerprint density at radius 3 is 1.94 bits per heavy atom. The van der Waals surface area contributed by atoms with Crippen LogP contribution < -0.4 is 5.32 Å². The fourth-order valence-electron chi connectivity index (χ4n) is 3.08. The van der Waals surface area contributed by atoms with E-state index in [0.29, 0.717) is 16.8 Å². The summed E-state index contributed by atoms with van der Waals surface area (Å²) in [4.78, 5) is 18.0. The van der Waals surface area contributed by atoms with Crippen LogP contribution in [0.1, 0.15) is 37.4 Å². The molecule has 3 rings (SSSR count). The molecule has 0 unspecified atom stereocenters. The fourth-order valence-corrected chi connectivity index (χ4v) is 3.73. The number of amides is 1. The van der Waals surface area contributed by atoms with Crippen molar-refractivity contribution in [3.05, 3.63) is 39.3 Å². The first kappa shape index (κ1) is 27.8. The van der Waals surface area contributed by atoms with Crippen LogP contribution in [-0.2, 0) is 23.3 Å². The molecule has 196 valence electrons. The van der Waals surface area contributed by atoms with E-state index in [1.165, 1.54) is 0 Å². The van der Waals surface area contributed by atoms with Gasteiger partial charge in [0.15, 0.2) is 11.3 Å². The van der Waals surface area contributed by atoms with Crippen LogP contribution in [0.4, 0.5) is 45.3 Å². The summed E-state index contributed by atoms with van der Waals surface area (Å²) in [5.41, 5.74) is -5.23. The summed E-state index contributed by atoms with van der Waals surface area (Å²) < 4.78 is 121. The van der Waals surface area contributed by atoms with Crippen LogP contribution in [0, 0.1) is 5.92 Å². The number of anilines is 1. The van der Waals surface area contributed by atoms with Crippen molar-refractivity contribution in [1.29, 1.82) is 0 Å². The highest BCUT2D eigenvalue weighted by molar-refractivity contribution is 6.38. The quantitative estimate of drug-likeness (QED) is 0.339. The van der Waals surface area contributed by atoms with Gasteiger partial charge in [-0.3, -0.25) is 4.79 Å². The predicted octanol–water partition coefficient (Wildman–Crippen LogP) is 7.16. The van der Waals surface area contributed by atoms with Crippen LogP contribution in [0.3, 0.4) is 0 Å². The van der Waals surface area contributed by atoms with Crippen molar-refractivity contribution in [2.45, 2.75) is 38.8 Å². The number of benzene rings is 1. The molecular weight excluding hydrogens is 556 g/mol. The van der Waals surface area contributed by atoms with Gasteiger partial charge in [-0.25, -0.2) is 14.6 Å². The maximum absolute atomic E-state index is 13.8. The molecule has 0 saturated heterocycles. The lowest BCUT2D eigenvalue weighted by molar-refractivity contribution is -0.151. The molecule has 2 heterocycles. The van der Waals surface area contributed by atoms with E-state index in [0.717, 1.165) is 0 Å². The van der Waals surface area contributed by atoms with Crippen LogP contribution in [0.5, 0.6) is 0 Å². The average Bonchev–Trinajstić information content (AvgIpc) is 3.01. The molecule has 2 aromatic heterocycles. The number of aromatic nitrogens is 4. The molecule has 36 heavy (non-hydrogen) atoms. The zero-order valence-electron chi connectivity index (χ0n) is 17.8. The van der Waals surface area contributed by atoms with Gasteiger partial charge in [-0.05, 0) is 18.1 Å². The third-order valence-corrected chi connectivity index (χ3v) is 5.04. The number of alkyl halides is 9. The molecule has 1 aromatic carbocycles. The lowest BCUT2D eigenvalue weighted by Crippen LogP contribution is -2.19. The van der Waals surface area contributed by atoms with Crippen LogP contribution in [0.2, 0.25) is 10.0 Å². The summed E-state index contributed by atoms with van der Waals surface area (Å²) in [7, 11) is 0. The van der Waals surface area contributed by atoms with Gasteiger partial charge < -0.3 is 5.32 Å². The Bertz CT molecular complexity index is 1310. The maximum Gasteiger partial charge on any atom is 0.451 e. The minimum Gasteiger partial charge on any atom is -0.310 e. The number of rotatable bonds is 4. The van der Waals surface area contributed by atoms with Crippen molar-refractivity contribution in [2.75, 3.05) is 5.32 Å². The first-order valence-corrected chi connectivity index (χ1v) is 10.4. The second kappa shape index (κ2) is 9.25.